The van der Waals surface area contributed by atoms with E-state index in [-0.39, 0.29) is 14.0 Å². The summed E-state index contributed by atoms with van der Waals surface area (Å²) in [5.74, 6) is 0. The van der Waals surface area contributed by atoms with Crippen LogP contribution in [0.25, 0.3) is 0 Å². The second-order valence-corrected chi connectivity index (χ2v) is 7.95. The van der Waals surface area contributed by atoms with Gasteiger partial charge >= 0.3 is 0 Å². The maximum atomic E-state index is 5.59. The van der Waals surface area contributed by atoms with Crippen molar-refractivity contribution in [2.45, 2.75) is 23.0 Å². The van der Waals surface area contributed by atoms with Crippen LogP contribution in [0.4, 0.5) is 0 Å². The van der Waals surface area contributed by atoms with Crippen molar-refractivity contribution in [3.63, 3.8) is 0 Å². The molecule has 0 bridgehead atoms. The Balaban J connectivity index is 3.10. The predicted molar refractivity (Wildman–Crippen MR) is 48.2 cm³/mol. The van der Waals surface area contributed by atoms with E-state index in [2.05, 4.69) is 6.92 Å². The molecule has 1 unspecified atom stereocenters. The molecule has 0 aliphatic heterocycles. The van der Waals surface area contributed by atoms with Crippen molar-refractivity contribution in [3.05, 3.63) is 0 Å². The lowest BCUT2D eigenvalue weighted by Gasteiger charge is -2.05. The molecule has 0 aliphatic carbocycles. The molecule has 0 aromatic carbocycles. The molecular formula is C4H12Cl2Si2. The zero-order valence-electron chi connectivity index (χ0n) is 5.32. The van der Waals surface area contributed by atoms with E-state index in [4.69, 9.17) is 23.2 Å². The van der Waals surface area contributed by atoms with E-state index < -0.39 is 0 Å². The first kappa shape index (κ1) is 9.01. The standard InChI is InChI=1S/C4H12Cl2Si2/c1-3(2-7)8-4(5)6/h3-4H,2,8H2,1,7H3. The highest BCUT2D eigenvalue weighted by Crippen LogP contribution is 2.12. The maximum absolute atomic E-state index is 5.59. The minimum Gasteiger partial charge on any atom is -0.110 e. The number of rotatable bonds is 3. The summed E-state index contributed by atoms with van der Waals surface area (Å²) in [5.41, 5.74) is 0.863. The molecular weight excluding hydrogens is 175 g/mol. The summed E-state index contributed by atoms with van der Waals surface area (Å²) in [5, 5.41) is 0. The van der Waals surface area contributed by atoms with Gasteiger partial charge in [-0.2, -0.15) is 0 Å². The Hall–Kier alpha value is 1.01. The molecule has 0 amide bonds. The lowest BCUT2D eigenvalue weighted by atomic mass is 10.6. The topological polar surface area (TPSA) is 0 Å². The second-order valence-electron chi connectivity index (χ2n) is 2.14. The van der Waals surface area contributed by atoms with Crippen LogP contribution in [0.5, 0.6) is 0 Å². The van der Waals surface area contributed by atoms with Gasteiger partial charge in [0.25, 0.3) is 0 Å². The average molecular weight is 187 g/mol. The van der Waals surface area contributed by atoms with Crippen molar-refractivity contribution in [3.8, 4) is 0 Å². The normalized spacial score (nSPS) is 16.5. The molecule has 0 fully saturated rings. The third-order valence-corrected chi connectivity index (χ3v) is 6.63. The van der Waals surface area contributed by atoms with Crippen LogP contribution in [0.2, 0.25) is 11.6 Å². The van der Waals surface area contributed by atoms with Gasteiger partial charge in [0.2, 0.25) is 0 Å². The SMILES string of the molecule is CC(C[SiH3])[SiH2]C(Cl)Cl. The van der Waals surface area contributed by atoms with E-state index >= 15 is 0 Å². The first-order chi connectivity index (χ1) is 3.66. The lowest BCUT2D eigenvalue weighted by Crippen LogP contribution is -2.07. The number of hydrogen-bond donors (Lipinski definition) is 0. The van der Waals surface area contributed by atoms with E-state index in [1.165, 1.54) is 16.3 Å². The first-order valence-electron chi connectivity index (χ1n) is 2.95. The molecule has 0 aromatic rings. The lowest BCUT2D eigenvalue weighted by molar-refractivity contribution is 1.05. The smallest absolute Gasteiger partial charge is 0.0910 e. The van der Waals surface area contributed by atoms with Crippen molar-refractivity contribution in [2.75, 3.05) is 0 Å². The van der Waals surface area contributed by atoms with E-state index in [9.17, 15) is 0 Å². The van der Waals surface area contributed by atoms with E-state index in [0.717, 1.165) is 5.54 Å². The van der Waals surface area contributed by atoms with Crippen molar-refractivity contribution in [1.82, 2.24) is 0 Å². The Morgan fingerprint density at radius 2 is 2.12 bits per heavy atom. The predicted octanol–water partition coefficient (Wildman–Crippen LogP) is 0.508. The largest absolute Gasteiger partial charge is 0.110 e. The van der Waals surface area contributed by atoms with Crippen LogP contribution in [-0.4, -0.2) is 24.2 Å². The molecule has 0 radical (unpaired) electrons. The third kappa shape index (κ3) is 5.16. The minimum atomic E-state index is -0.164. The van der Waals surface area contributed by atoms with Crippen molar-refractivity contribution >= 4 is 43.0 Å². The molecule has 1 atom stereocenters. The average Bonchev–Trinajstić information content (AvgIpc) is 1.65. The number of alkyl halides is 2. The van der Waals surface area contributed by atoms with Gasteiger partial charge in [0, 0.05) is 10.2 Å². The molecule has 0 saturated heterocycles. The maximum Gasteiger partial charge on any atom is 0.0910 e. The molecule has 0 heterocycles. The molecule has 0 aliphatic rings. The summed E-state index contributed by atoms with van der Waals surface area (Å²) >= 11 is 11.2. The van der Waals surface area contributed by atoms with Gasteiger partial charge in [-0.1, -0.05) is 18.5 Å². The summed E-state index contributed by atoms with van der Waals surface area (Å²) in [6, 6.07) is 1.36. The Kier molecular flexibility index (Phi) is 5.47. The van der Waals surface area contributed by atoms with Gasteiger partial charge in [-0.3, -0.25) is 0 Å². The Morgan fingerprint density at radius 1 is 1.62 bits per heavy atom. The van der Waals surface area contributed by atoms with Gasteiger partial charge in [-0.15, -0.1) is 23.2 Å². The van der Waals surface area contributed by atoms with Gasteiger partial charge < -0.3 is 0 Å². The molecule has 0 saturated carbocycles. The van der Waals surface area contributed by atoms with Gasteiger partial charge in [0.15, 0.2) is 0 Å². The quantitative estimate of drug-likeness (QED) is 0.446. The van der Waals surface area contributed by atoms with Crippen LogP contribution >= 0.6 is 23.2 Å². The molecule has 0 rings (SSSR count). The van der Waals surface area contributed by atoms with Gasteiger partial charge in [0.05, 0.1) is 14.0 Å². The molecule has 0 aromatic heterocycles. The van der Waals surface area contributed by atoms with Crippen LogP contribution in [0.15, 0.2) is 0 Å². The molecule has 50 valence electrons. The van der Waals surface area contributed by atoms with Crippen LogP contribution in [0.3, 0.4) is 0 Å². The highest BCUT2D eigenvalue weighted by atomic mass is 35.5. The number of hydrogen-bond acceptors (Lipinski definition) is 0. The third-order valence-electron chi connectivity index (χ3n) is 1.28. The summed E-state index contributed by atoms with van der Waals surface area (Å²) in [6.07, 6.45) is 0. The van der Waals surface area contributed by atoms with Crippen molar-refractivity contribution < 1.29 is 0 Å². The van der Waals surface area contributed by atoms with Crippen LogP contribution in [-0.2, 0) is 0 Å². The highest BCUT2D eigenvalue weighted by Gasteiger charge is 2.04. The second kappa shape index (κ2) is 4.85. The Bertz CT molecular complexity index is 58.0. The highest BCUT2D eigenvalue weighted by molar-refractivity contribution is 6.69. The Morgan fingerprint density at radius 3 is 2.25 bits per heavy atom. The first-order valence-corrected chi connectivity index (χ1v) is 6.87. The molecule has 0 spiro atoms. The molecule has 0 N–H and O–H groups in total. The summed E-state index contributed by atoms with van der Waals surface area (Å²) in [6.45, 7) is 2.25. The number of halogens is 2. The van der Waals surface area contributed by atoms with Gasteiger partial charge in [-0.25, -0.2) is 0 Å². The molecule has 4 heteroatoms. The van der Waals surface area contributed by atoms with E-state index in [0.29, 0.717) is 0 Å². The van der Waals surface area contributed by atoms with Crippen molar-refractivity contribution in [2.24, 2.45) is 0 Å². The van der Waals surface area contributed by atoms with E-state index in [1.807, 2.05) is 0 Å². The van der Waals surface area contributed by atoms with Gasteiger partial charge in [-0.05, 0) is 0 Å². The van der Waals surface area contributed by atoms with Crippen LogP contribution in [0, 0.1) is 0 Å². The fraction of sp³-hybridized carbons (Fsp3) is 1.00. The molecule has 8 heavy (non-hydrogen) atoms. The fourth-order valence-corrected chi connectivity index (χ4v) is 4.24. The summed E-state index contributed by atoms with van der Waals surface area (Å²) in [4.78, 5) is 0. The Labute approximate surface area is 66.2 Å². The molecule has 0 nitrogen and oxygen atoms in total. The summed E-state index contributed by atoms with van der Waals surface area (Å²) in [7, 11) is 1.13. The summed E-state index contributed by atoms with van der Waals surface area (Å²) < 4.78 is -0.0149. The minimum absolute atomic E-state index is 0.0149. The monoisotopic (exact) mass is 186 g/mol. The zero-order chi connectivity index (χ0) is 6.57. The van der Waals surface area contributed by atoms with Crippen LogP contribution < -0.4 is 0 Å². The van der Waals surface area contributed by atoms with Crippen molar-refractivity contribution in [1.29, 1.82) is 0 Å². The van der Waals surface area contributed by atoms with Gasteiger partial charge in [0.1, 0.15) is 0 Å². The van der Waals surface area contributed by atoms with Crippen LogP contribution in [0.1, 0.15) is 6.92 Å². The van der Waals surface area contributed by atoms with E-state index in [1.54, 1.807) is 0 Å². The zero-order valence-corrected chi connectivity index (χ0v) is 10.3. The fourth-order valence-electron chi connectivity index (χ4n) is 0.471.